The monoisotopic (exact) mass is 271 g/mol. The molecule has 0 aliphatic carbocycles. The van der Waals surface area contributed by atoms with Crippen molar-refractivity contribution >= 4 is 23.5 Å². The summed E-state index contributed by atoms with van der Waals surface area (Å²) in [5, 5.41) is 11.3. The Morgan fingerprint density at radius 1 is 1.33 bits per heavy atom. The molecule has 0 aromatic heterocycles. The molecule has 1 aromatic carbocycles. The Bertz CT molecular complexity index is 396. The summed E-state index contributed by atoms with van der Waals surface area (Å²) < 4.78 is 4.92. The molecule has 0 unspecified atom stereocenters. The SMILES string of the molecule is O=C(CNC(=O)[C@@H](O)CCl)OCc1ccccc1. The maximum absolute atomic E-state index is 11.3. The highest BCUT2D eigenvalue weighted by Crippen LogP contribution is 2.00. The number of rotatable bonds is 6. The van der Waals surface area contributed by atoms with Crippen molar-refractivity contribution in [1.29, 1.82) is 0 Å². The fourth-order valence-electron chi connectivity index (χ4n) is 1.14. The molecular weight excluding hydrogens is 258 g/mol. The van der Waals surface area contributed by atoms with Crippen LogP contribution in [0, 0.1) is 0 Å². The molecule has 18 heavy (non-hydrogen) atoms. The van der Waals surface area contributed by atoms with E-state index in [4.69, 9.17) is 21.4 Å². The van der Waals surface area contributed by atoms with Crippen LogP contribution in [0.15, 0.2) is 30.3 Å². The van der Waals surface area contributed by atoms with Crippen LogP contribution in [-0.2, 0) is 20.9 Å². The van der Waals surface area contributed by atoms with Crippen molar-refractivity contribution in [2.24, 2.45) is 0 Å². The second-order valence-electron chi connectivity index (χ2n) is 3.53. The number of benzene rings is 1. The number of hydrogen-bond acceptors (Lipinski definition) is 4. The number of amides is 1. The van der Waals surface area contributed by atoms with Gasteiger partial charge in [0, 0.05) is 0 Å². The molecule has 2 N–H and O–H groups in total. The Labute approximate surface area is 110 Å². The van der Waals surface area contributed by atoms with Gasteiger partial charge in [0.25, 0.3) is 5.91 Å². The lowest BCUT2D eigenvalue weighted by Crippen LogP contribution is -2.39. The van der Waals surface area contributed by atoms with Gasteiger partial charge in [0.1, 0.15) is 19.3 Å². The third-order valence-electron chi connectivity index (χ3n) is 2.10. The predicted molar refractivity (Wildman–Crippen MR) is 66.0 cm³/mol. The van der Waals surface area contributed by atoms with Crippen molar-refractivity contribution in [3.05, 3.63) is 35.9 Å². The number of aliphatic hydroxyl groups is 1. The van der Waals surface area contributed by atoms with Gasteiger partial charge in [-0.1, -0.05) is 30.3 Å². The van der Waals surface area contributed by atoms with E-state index in [1.807, 2.05) is 30.3 Å². The molecule has 0 radical (unpaired) electrons. The topological polar surface area (TPSA) is 75.6 Å². The highest BCUT2D eigenvalue weighted by atomic mass is 35.5. The molecule has 1 atom stereocenters. The average molecular weight is 272 g/mol. The third-order valence-corrected chi connectivity index (χ3v) is 2.39. The lowest BCUT2D eigenvalue weighted by molar-refractivity contribution is -0.145. The molecule has 1 aromatic rings. The van der Waals surface area contributed by atoms with Crippen LogP contribution in [0.1, 0.15) is 5.56 Å². The third kappa shape index (κ3) is 5.16. The first-order valence-electron chi connectivity index (χ1n) is 5.34. The van der Waals surface area contributed by atoms with Crippen LogP contribution >= 0.6 is 11.6 Å². The first kappa shape index (κ1) is 14.5. The van der Waals surface area contributed by atoms with Gasteiger partial charge in [0.15, 0.2) is 0 Å². The maximum atomic E-state index is 11.3. The quantitative estimate of drug-likeness (QED) is 0.582. The predicted octanol–water partition coefficient (Wildman–Crippen LogP) is 0.446. The van der Waals surface area contributed by atoms with E-state index in [1.54, 1.807) is 0 Å². The average Bonchev–Trinajstić information content (AvgIpc) is 2.42. The fourth-order valence-corrected chi connectivity index (χ4v) is 1.28. The van der Waals surface area contributed by atoms with E-state index in [9.17, 15) is 9.59 Å². The normalized spacial score (nSPS) is 11.7. The van der Waals surface area contributed by atoms with Crippen molar-refractivity contribution in [2.45, 2.75) is 12.7 Å². The second kappa shape index (κ2) is 7.68. The number of carbonyl (C=O) groups excluding carboxylic acids is 2. The molecule has 0 bridgehead atoms. The van der Waals surface area contributed by atoms with Gasteiger partial charge in [-0.25, -0.2) is 0 Å². The maximum Gasteiger partial charge on any atom is 0.325 e. The molecule has 0 aliphatic heterocycles. The summed E-state index contributed by atoms with van der Waals surface area (Å²) >= 11 is 5.28. The smallest absolute Gasteiger partial charge is 0.325 e. The Morgan fingerprint density at radius 2 is 2.00 bits per heavy atom. The van der Waals surface area contributed by atoms with Gasteiger partial charge in [0.05, 0.1) is 5.88 Å². The molecule has 0 fully saturated rings. The molecule has 0 saturated carbocycles. The number of halogens is 1. The fraction of sp³-hybridized carbons (Fsp3) is 0.333. The molecule has 1 amide bonds. The second-order valence-corrected chi connectivity index (χ2v) is 3.84. The molecule has 0 spiro atoms. The Kier molecular flexibility index (Phi) is 6.18. The van der Waals surface area contributed by atoms with Gasteiger partial charge in [-0.15, -0.1) is 11.6 Å². The molecule has 98 valence electrons. The summed E-state index contributed by atoms with van der Waals surface area (Å²) in [7, 11) is 0. The summed E-state index contributed by atoms with van der Waals surface area (Å²) in [5.74, 6) is -1.49. The number of carbonyl (C=O) groups is 2. The van der Waals surface area contributed by atoms with Gasteiger partial charge in [-0.3, -0.25) is 9.59 Å². The molecule has 0 saturated heterocycles. The van der Waals surface area contributed by atoms with Crippen molar-refractivity contribution in [3.8, 4) is 0 Å². The van der Waals surface area contributed by atoms with Crippen LogP contribution in [0.25, 0.3) is 0 Å². The Morgan fingerprint density at radius 3 is 2.61 bits per heavy atom. The van der Waals surface area contributed by atoms with E-state index in [1.165, 1.54) is 0 Å². The van der Waals surface area contributed by atoms with E-state index in [2.05, 4.69) is 5.32 Å². The first-order valence-corrected chi connectivity index (χ1v) is 5.88. The highest BCUT2D eigenvalue weighted by molar-refractivity contribution is 6.19. The minimum absolute atomic E-state index is 0.146. The summed E-state index contributed by atoms with van der Waals surface area (Å²) in [4.78, 5) is 22.4. The molecule has 0 aliphatic rings. The molecule has 6 heteroatoms. The van der Waals surface area contributed by atoms with E-state index in [-0.39, 0.29) is 19.0 Å². The first-order chi connectivity index (χ1) is 8.63. The minimum Gasteiger partial charge on any atom is -0.460 e. The number of aliphatic hydroxyl groups excluding tert-OH is 1. The Balaban J connectivity index is 2.24. The summed E-state index contributed by atoms with van der Waals surface area (Å²) in [6, 6.07) is 9.18. The summed E-state index contributed by atoms with van der Waals surface area (Å²) in [6.07, 6.45) is -1.31. The lowest BCUT2D eigenvalue weighted by atomic mass is 10.2. The van der Waals surface area contributed by atoms with Crippen molar-refractivity contribution in [1.82, 2.24) is 5.32 Å². The van der Waals surface area contributed by atoms with Crippen LogP contribution in [0.3, 0.4) is 0 Å². The Hall–Kier alpha value is -1.59. The number of hydrogen-bond donors (Lipinski definition) is 2. The number of ether oxygens (including phenoxy) is 1. The number of alkyl halides is 1. The summed E-state index contributed by atoms with van der Waals surface area (Å²) in [5.41, 5.74) is 0.859. The van der Waals surface area contributed by atoms with Gasteiger partial charge >= 0.3 is 5.97 Å². The van der Waals surface area contributed by atoms with Crippen LogP contribution in [0.5, 0.6) is 0 Å². The van der Waals surface area contributed by atoms with Gasteiger partial charge in [0.2, 0.25) is 0 Å². The van der Waals surface area contributed by atoms with Crippen molar-refractivity contribution < 1.29 is 19.4 Å². The van der Waals surface area contributed by atoms with Crippen LogP contribution in [0.4, 0.5) is 0 Å². The van der Waals surface area contributed by atoms with Crippen LogP contribution in [-0.4, -0.2) is 35.5 Å². The van der Waals surface area contributed by atoms with E-state index >= 15 is 0 Å². The largest absolute Gasteiger partial charge is 0.460 e. The zero-order valence-electron chi connectivity index (χ0n) is 9.64. The number of nitrogens with one attached hydrogen (secondary N) is 1. The molecule has 1 rings (SSSR count). The van der Waals surface area contributed by atoms with E-state index in [0.717, 1.165) is 5.56 Å². The van der Waals surface area contributed by atoms with Crippen LogP contribution < -0.4 is 5.32 Å². The van der Waals surface area contributed by atoms with E-state index in [0.29, 0.717) is 0 Å². The zero-order chi connectivity index (χ0) is 13.4. The zero-order valence-corrected chi connectivity index (χ0v) is 10.4. The lowest BCUT2D eigenvalue weighted by Gasteiger charge is -2.08. The van der Waals surface area contributed by atoms with Crippen molar-refractivity contribution in [3.63, 3.8) is 0 Å². The standard InChI is InChI=1S/C12H14ClNO4/c13-6-10(15)12(17)14-7-11(16)18-8-9-4-2-1-3-5-9/h1-5,10,15H,6-8H2,(H,14,17)/t10-/m0/s1. The van der Waals surface area contributed by atoms with Gasteiger partial charge in [-0.2, -0.15) is 0 Å². The molecular formula is C12H14ClNO4. The minimum atomic E-state index is -1.31. The van der Waals surface area contributed by atoms with Crippen LogP contribution in [0.2, 0.25) is 0 Å². The highest BCUT2D eigenvalue weighted by Gasteiger charge is 2.14. The van der Waals surface area contributed by atoms with Gasteiger partial charge < -0.3 is 15.2 Å². The molecule has 0 heterocycles. The van der Waals surface area contributed by atoms with Gasteiger partial charge in [-0.05, 0) is 5.56 Å². The summed E-state index contributed by atoms with van der Waals surface area (Å²) in [6.45, 7) is -0.146. The molecule has 5 nitrogen and oxygen atoms in total. The number of esters is 1. The van der Waals surface area contributed by atoms with Crippen molar-refractivity contribution in [2.75, 3.05) is 12.4 Å². The van der Waals surface area contributed by atoms with E-state index < -0.39 is 18.0 Å².